The predicted octanol–water partition coefficient (Wildman–Crippen LogP) is 4.84. The minimum absolute atomic E-state index is 0.0658. The van der Waals surface area contributed by atoms with Crippen molar-refractivity contribution in [2.45, 2.75) is 6.18 Å². The summed E-state index contributed by atoms with van der Waals surface area (Å²) >= 11 is 5.80. The van der Waals surface area contributed by atoms with Crippen LogP contribution in [-0.2, 0) is 4.79 Å². The van der Waals surface area contributed by atoms with E-state index in [1.165, 1.54) is 42.5 Å². The number of rotatable bonds is 6. The number of amides is 1. The summed E-state index contributed by atoms with van der Waals surface area (Å²) in [5, 5.41) is 13.4. The Morgan fingerprint density at radius 3 is 2.63 bits per heavy atom. The van der Waals surface area contributed by atoms with Crippen molar-refractivity contribution >= 4 is 35.0 Å². The third kappa shape index (κ3) is 6.30. The van der Waals surface area contributed by atoms with Gasteiger partial charge in [0.25, 0.3) is 5.69 Å². The standard InChI is InChI=1S/C17H12ClF3N2O4/c18-12-6-7-15(27-10-17(19,20)21)13(9-12)22-16(24)8-5-11-3-1-2-4-14(11)23(25)26/h1-9H,10H2,(H,22,24)/b8-5+. The smallest absolute Gasteiger partial charge is 0.422 e. The summed E-state index contributed by atoms with van der Waals surface area (Å²) < 4.78 is 41.6. The van der Waals surface area contributed by atoms with Crippen molar-refractivity contribution in [1.29, 1.82) is 0 Å². The summed E-state index contributed by atoms with van der Waals surface area (Å²) in [7, 11) is 0. The molecule has 2 aromatic carbocycles. The Balaban J connectivity index is 2.16. The Morgan fingerprint density at radius 2 is 1.96 bits per heavy atom. The molecule has 1 amide bonds. The number of halogens is 4. The minimum Gasteiger partial charge on any atom is -0.482 e. The first-order valence-corrected chi connectivity index (χ1v) is 7.75. The fraction of sp³-hybridized carbons (Fsp3) is 0.118. The van der Waals surface area contributed by atoms with E-state index in [1.54, 1.807) is 6.07 Å². The largest absolute Gasteiger partial charge is 0.482 e. The van der Waals surface area contributed by atoms with Crippen molar-refractivity contribution < 1.29 is 27.6 Å². The number of nitrogens with zero attached hydrogens (tertiary/aromatic N) is 1. The molecule has 0 aliphatic carbocycles. The number of nitro groups is 1. The van der Waals surface area contributed by atoms with Gasteiger partial charge in [-0.05, 0) is 30.3 Å². The van der Waals surface area contributed by atoms with Crippen LogP contribution in [0.3, 0.4) is 0 Å². The number of carbonyl (C=O) groups excluding carboxylic acids is 1. The third-order valence-corrected chi connectivity index (χ3v) is 3.37. The van der Waals surface area contributed by atoms with E-state index in [0.717, 1.165) is 6.08 Å². The molecule has 10 heteroatoms. The fourth-order valence-corrected chi connectivity index (χ4v) is 2.19. The highest BCUT2D eigenvalue weighted by molar-refractivity contribution is 6.31. The van der Waals surface area contributed by atoms with Gasteiger partial charge < -0.3 is 10.1 Å². The lowest BCUT2D eigenvalue weighted by molar-refractivity contribution is -0.385. The van der Waals surface area contributed by atoms with Crippen molar-refractivity contribution in [3.8, 4) is 5.75 Å². The van der Waals surface area contributed by atoms with Gasteiger partial charge in [-0.2, -0.15) is 13.2 Å². The van der Waals surface area contributed by atoms with Crippen LogP contribution in [0.5, 0.6) is 5.75 Å². The van der Waals surface area contributed by atoms with E-state index in [1.807, 2.05) is 0 Å². The van der Waals surface area contributed by atoms with E-state index in [9.17, 15) is 28.1 Å². The van der Waals surface area contributed by atoms with E-state index < -0.39 is 23.6 Å². The number of para-hydroxylation sites is 1. The van der Waals surface area contributed by atoms with Gasteiger partial charge in [-0.3, -0.25) is 14.9 Å². The van der Waals surface area contributed by atoms with E-state index in [-0.39, 0.29) is 27.7 Å². The molecule has 2 rings (SSSR count). The highest BCUT2D eigenvalue weighted by atomic mass is 35.5. The van der Waals surface area contributed by atoms with Gasteiger partial charge in [0.15, 0.2) is 6.61 Å². The molecule has 2 aromatic rings. The topological polar surface area (TPSA) is 81.5 Å². The van der Waals surface area contributed by atoms with Gasteiger partial charge in [0, 0.05) is 17.2 Å². The maximum atomic E-state index is 12.3. The van der Waals surface area contributed by atoms with Gasteiger partial charge >= 0.3 is 6.18 Å². The van der Waals surface area contributed by atoms with Crippen LogP contribution < -0.4 is 10.1 Å². The molecule has 0 spiro atoms. The van der Waals surface area contributed by atoms with Gasteiger partial charge in [-0.25, -0.2) is 0 Å². The molecule has 0 heterocycles. The third-order valence-electron chi connectivity index (χ3n) is 3.14. The van der Waals surface area contributed by atoms with Crippen molar-refractivity contribution in [3.05, 3.63) is 69.2 Å². The molecule has 0 fully saturated rings. The Labute approximate surface area is 156 Å². The zero-order valence-corrected chi connectivity index (χ0v) is 14.3. The van der Waals surface area contributed by atoms with Crippen molar-refractivity contribution in [2.24, 2.45) is 0 Å². The number of ether oxygens (including phenoxy) is 1. The molecule has 0 aliphatic heterocycles. The quantitative estimate of drug-likeness (QED) is 0.427. The number of nitro benzene ring substituents is 1. The molecule has 0 bridgehead atoms. The summed E-state index contributed by atoms with van der Waals surface area (Å²) in [5.41, 5.74) is -0.0697. The van der Waals surface area contributed by atoms with Crippen LogP contribution in [-0.4, -0.2) is 23.6 Å². The lowest BCUT2D eigenvalue weighted by atomic mass is 10.1. The first kappa shape index (κ1) is 20.2. The molecule has 0 atom stereocenters. The van der Waals surface area contributed by atoms with Crippen molar-refractivity contribution in [2.75, 3.05) is 11.9 Å². The maximum Gasteiger partial charge on any atom is 0.422 e. The number of benzene rings is 2. The predicted molar refractivity (Wildman–Crippen MR) is 93.8 cm³/mol. The van der Waals surface area contributed by atoms with Crippen molar-refractivity contribution in [3.63, 3.8) is 0 Å². The molecule has 0 aromatic heterocycles. The van der Waals surface area contributed by atoms with Crippen LogP contribution in [0.1, 0.15) is 5.56 Å². The highest BCUT2D eigenvalue weighted by Gasteiger charge is 2.29. The van der Waals surface area contributed by atoms with Crippen LogP contribution in [0.25, 0.3) is 6.08 Å². The Morgan fingerprint density at radius 1 is 1.26 bits per heavy atom. The number of anilines is 1. The van der Waals surface area contributed by atoms with Crippen LogP contribution in [0, 0.1) is 10.1 Å². The van der Waals surface area contributed by atoms with Crippen molar-refractivity contribution in [1.82, 2.24) is 0 Å². The monoisotopic (exact) mass is 400 g/mol. The lowest BCUT2D eigenvalue weighted by Crippen LogP contribution is -2.20. The molecule has 0 aliphatic rings. The SMILES string of the molecule is O=C(/C=C/c1ccccc1[N+](=O)[O-])Nc1cc(Cl)ccc1OCC(F)(F)F. The minimum atomic E-state index is -4.55. The summed E-state index contributed by atoms with van der Waals surface area (Å²) in [4.78, 5) is 22.4. The first-order valence-electron chi connectivity index (χ1n) is 7.37. The van der Waals surface area contributed by atoms with Gasteiger partial charge in [-0.15, -0.1) is 0 Å². The number of hydrogen-bond donors (Lipinski definition) is 1. The highest BCUT2D eigenvalue weighted by Crippen LogP contribution is 2.30. The van der Waals surface area contributed by atoms with Gasteiger partial charge in [0.05, 0.1) is 16.2 Å². The summed E-state index contributed by atoms with van der Waals surface area (Å²) in [6, 6.07) is 9.48. The Bertz CT molecular complexity index is 885. The van der Waals surface area contributed by atoms with Crippen LogP contribution in [0.15, 0.2) is 48.5 Å². The first-order chi connectivity index (χ1) is 12.7. The Kier molecular flexibility index (Phi) is 6.40. The molecule has 0 unspecified atom stereocenters. The molecule has 27 heavy (non-hydrogen) atoms. The molecule has 0 saturated carbocycles. The Hall–Kier alpha value is -3.07. The summed E-state index contributed by atoms with van der Waals surface area (Å²) in [5.74, 6) is -0.948. The molecular weight excluding hydrogens is 389 g/mol. The second kappa shape index (κ2) is 8.54. The number of nitrogens with one attached hydrogen (secondary N) is 1. The second-order valence-corrected chi connectivity index (χ2v) is 5.62. The van der Waals surface area contributed by atoms with E-state index in [0.29, 0.717) is 0 Å². The molecular formula is C17H12ClF3N2O4. The molecule has 1 N–H and O–H groups in total. The molecule has 6 nitrogen and oxygen atoms in total. The molecule has 0 radical (unpaired) electrons. The zero-order chi connectivity index (χ0) is 20.0. The van der Waals surface area contributed by atoms with Gasteiger partial charge in [-0.1, -0.05) is 23.7 Å². The average molecular weight is 401 g/mol. The normalized spacial score (nSPS) is 11.4. The van der Waals surface area contributed by atoms with E-state index in [2.05, 4.69) is 10.1 Å². The van der Waals surface area contributed by atoms with Crippen LogP contribution in [0.4, 0.5) is 24.5 Å². The maximum absolute atomic E-state index is 12.3. The second-order valence-electron chi connectivity index (χ2n) is 5.18. The van der Waals surface area contributed by atoms with E-state index >= 15 is 0 Å². The number of alkyl halides is 3. The molecule has 0 saturated heterocycles. The average Bonchev–Trinajstić information content (AvgIpc) is 2.58. The fourth-order valence-electron chi connectivity index (χ4n) is 2.02. The lowest BCUT2D eigenvalue weighted by Gasteiger charge is -2.13. The summed E-state index contributed by atoms with van der Waals surface area (Å²) in [6.07, 6.45) is -2.32. The molecule has 142 valence electrons. The zero-order valence-electron chi connectivity index (χ0n) is 13.5. The van der Waals surface area contributed by atoms with E-state index in [4.69, 9.17) is 11.6 Å². The number of hydrogen-bond acceptors (Lipinski definition) is 4. The van der Waals surface area contributed by atoms with Gasteiger partial charge in [0.2, 0.25) is 5.91 Å². The van der Waals surface area contributed by atoms with Gasteiger partial charge in [0.1, 0.15) is 5.75 Å². The van der Waals surface area contributed by atoms with Crippen LogP contribution in [0.2, 0.25) is 5.02 Å². The van der Waals surface area contributed by atoms with Crippen LogP contribution >= 0.6 is 11.6 Å². The number of carbonyl (C=O) groups is 1. The summed E-state index contributed by atoms with van der Waals surface area (Å²) in [6.45, 7) is -1.54.